The van der Waals surface area contributed by atoms with Crippen LogP contribution >= 0.6 is 23.2 Å². The highest BCUT2D eigenvalue weighted by molar-refractivity contribution is 6.31. The molecule has 0 fully saturated rings. The van der Waals surface area contributed by atoms with Crippen LogP contribution in [0, 0.1) is 12.7 Å². The molecule has 0 unspecified atom stereocenters. The molecule has 0 aliphatic heterocycles. The van der Waals surface area contributed by atoms with E-state index in [1.807, 2.05) is 19.1 Å². The number of carbonyl (C=O) groups is 1. The van der Waals surface area contributed by atoms with E-state index in [0.717, 1.165) is 11.3 Å². The minimum atomic E-state index is -0.556. The number of nitrogens with one attached hydrogen (secondary N) is 2. The average Bonchev–Trinajstić information content (AvgIpc) is 2.63. The van der Waals surface area contributed by atoms with Gasteiger partial charge in [-0.15, -0.1) is 0 Å². The molecule has 0 aliphatic rings. The van der Waals surface area contributed by atoms with Gasteiger partial charge in [0.15, 0.2) is 0 Å². The lowest BCUT2D eigenvalue weighted by Gasteiger charge is -2.10. The van der Waals surface area contributed by atoms with Crippen molar-refractivity contribution in [3.05, 3.63) is 75.8 Å². The largest absolute Gasteiger partial charge is 0.324 e. The zero-order valence-corrected chi connectivity index (χ0v) is 15.1. The second-order valence-electron chi connectivity index (χ2n) is 5.42. The third kappa shape index (κ3) is 4.09. The highest BCUT2D eigenvalue weighted by atomic mass is 35.5. The van der Waals surface area contributed by atoms with Crippen molar-refractivity contribution < 1.29 is 9.18 Å². The van der Waals surface area contributed by atoms with Gasteiger partial charge >= 0.3 is 0 Å². The van der Waals surface area contributed by atoms with E-state index in [0.29, 0.717) is 16.7 Å². The van der Waals surface area contributed by atoms with Gasteiger partial charge < -0.3 is 10.6 Å². The molecule has 0 saturated heterocycles. The highest BCUT2D eigenvalue weighted by Crippen LogP contribution is 2.25. The third-order valence-corrected chi connectivity index (χ3v) is 4.30. The van der Waals surface area contributed by atoms with E-state index in [-0.39, 0.29) is 10.6 Å². The van der Waals surface area contributed by atoms with Gasteiger partial charge in [0.1, 0.15) is 5.82 Å². The van der Waals surface area contributed by atoms with Crippen molar-refractivity contribution in [2.75, 3.05) is 10.6 Å². The minimum absolute atomic E-state index is 0.0736. The van der Waals surface area contributed by atoms with Crippen molar-refractivity contribution in [1.82, 2.24) is 9.97 Å². The number of hydrogen-bond donors (Lipinski definition) is 2. The zero-order chi connectivity index (χ0) is 18.7. The van der Waals surface area contributed by atoms with Crippen LogP contribution in [-0.2, 0) is 0 Å². The fraction of sp³-hybridized carbons (Fsp3) is 0.0556. The van der Waals surface area contributed by atoms with Crippen LogP contribution in [0.4, 0.5) is 21.7 Å². The first kappa shape index (κ1) is 18.1. The van der Waals surface area contributed by atoms with Crippen molar-refractivity contribution in [2.45, 2.75) is 6.92 Å². The van der Waals surface area contributed by atoms with Gasteiger partial charge in [-0.2, -0.15) is 0 Å². The van der Waals surface area contributed by atoms with Crippen LogP contribution < -0.4 is 10.6 Å². The molecule has 8 heteroatoms. The van der Waals surface area contributed by atoms with Crippen molar-refractivity contribution in [1.29, 1.82) is 0 Å². The number of aromatic nitrogens is 2. The summed E-state index contributed by atoms with van der Waals surface area (Å²) < 4.78 is 13.2. The van der Waals surface area contributed by atoms with Crippen LogP contribution in [0.15, 0.2) is 48.8 Å². The second-order valence-corrected chi connectivity index (χ2v) is 6.23. The number of benzene rings is 2. The summed E-state index contributed by atoms with van der Waals surface area (Å²) in [5.74, 6) is -0.658. The number of anilines is 3. The Morgan fingerprint density at radius 2 is 1.81 bits per heavy atom. The van der Waals surface area contributed by atoms with E-state index in [2.05, 4.69) is 20.6 Å². The maximum absolute atomic E-state index is 13.2. The van der Waals surface area contributed by atoms with Gasteiger partial charge in [0.25, 0.3) is 5.91 Å². The summed E-state index contributed by atoms with van der Waals surface area (Å²) in [5, 5.41) is 6.20. The smallest absolute Gasteiger partial charge is 0.258 e. The molecule has 0 aliphatic carbocycles. The summed E-state index contributed by atoms with van der Waals surface area (Å²) in [7, 11) is 0. The molecule has 0 bridgehead atoms. The summed E-state index contributed by atoms with van der Waals surface area (Å²) >= 11 is 11.8. The Morgan fingerprint density at radius 3 is 2.50 bits per heavy atom. The predicted octanol–water partition coefficient (Wildman–Crippen LogP) is 5.23. The monoisotopic (exact) mass is 390 g/mol. The molecule has 0 atom stereocenters. The first-order valence-corrected chi connectivity index (χ1v) is 8.30. The highest BCUT2D eigenvalue weighted by Gasteiger charge is 2.10. The van der Waals surface area contributed by atoms with Crippen LogP contribution in [0.5, 0.6) is 0 Å². The maximum Gasteiger partial charge on any atom is 0.258 e. The molecule has 3 rings (SSSR count). The Hall–Kier alpha value is -2.70. The Balaban J connectivity index is 1.71. The molecule has 2 N–H and O–H groups in total. The predicted molar refractivity (Wildman–Crippen MR) is 101 cm³/mol. The minimum Gasteiger partial charge on any atom is -0.324 e. The second kappa shape index (κ2) is 7.68. The molecule has 5 nitrogen and oxygen atoms in total. The summed E-state index contributed by atoms with van der Waals surface area (Å²) in [5.41, 5.74) is 2.26. The number of nitrogens with zero attached hydrogens (tertiary/aromatic N) is 2. The summed E-state index contributed by atoms with van der Waals surface area (Å²) in [6.07, 6.45) is 2.77. The zero-order valence-electron chi connectivity index (χ0n) is 13.6. The van der Waals surface area contributed by atoms with Gasteiger partial charge in [-0.25, -0.2) is 14.4 Å². The van der Waals surface area contributed by atoms with Gasteiger partial charge in [-0.3, -0.25) is 4.79 Å². The fourth-order valence-corrected chi connectivity index (χ4v) is 2.51. The average molecular weight is 391 g/mol. The molecular weight excluding hydrogens is 378 g/mol. The molecule has 0 radical (unpaired) electrons. The van der Waals surface area contributed by atoms with Crippen molar-refractivity contribution in [3.63, 3.8) is 0 Å². The Bertz CT molecular complexity index is 964. The lowest BCUT2D eigenvalue weighted by molar-refractivity contribution is 0.102. The van der Waals surface area contributed by atoms with E-state index in [9.17, 15) is 9.18 Å². The SMILES string of the molecule is Cc1c(Cl)cccc1Nc1ncc(C(=O)Nc2ccc(F)c(Cl)c2)cn1. The van der Waals surface area contributed by atoms with Crippen LogP contribution in [-0.4, -0.2) is 15.9 Å². The van der Waals surface area contributed by atoms with Crippen LogP contribution in [0.2, 0.25) is 10.0 Å². The molecule has 0 saturated carbocycles. The standard InChI is InChI=1S/C18H13Cl2FN4O/c1-10-13(19)3-2-4-16(10)25-18-22-8-11(9-23-18)17(26)24-12-5-6-15(21)14(20)7-12/h2-9H,1H3,(H,24,26)(H,22,23,25). The molecule has 1 aromatic heterocycles. The van der Waals surface area contributed by atoms with E-state index in [4.69, 9.17) is 23.2 Å². The van der Waals surface area contributed by atoms with Crippen molar-refractivity contribution >= 4 is 46.4 Å². The maximum atomic E-state index is 13.2. The lowest BCUT2D eigenvalue weighted by Crippen LogP contribution is -2.13. The Kier molecular flexibility index (Phi) is 5.35. The number of halogens is 3. The van der Waals surface area contributed by atoms with Gasteiger partial charge in [0.05, 0.1) is 10.6 Å². The van der Waals surface area contributed by atoms with Crippen molar-refractivity contribution in [2.24, 2.45) is 0 Å². The third-order valence-electron chi connectivity index (χ3n) is 3.61. The molecule has 1 amide bonds. The summed E-state index contributed by atoms with van der Waals surface area (Å²) in [4.78, 5) is 20.5. The number of rotatable bonds is 4. The molecule has 0 spiro atoms. The Morgan fingerprint density at radius 1 is 1.08 bits per heavy atom. The number of amides is 1. The number of carbonyl (C=O) groups excluding carboxylic acids is 1. The molecule has 2 aromatic carbocycles. The molecular formula is C18H13Cl2FN4O. The normalized spacial score (nSPS) is 10.5. The fourth-order valence-electron chi connectivity index (χ4n) is 2.15. The molecule has 26 heavy (non-hydrogen) atoms. The van der Waals surface area contributed by atoms with Gasteiger partial charge in [-0.05, 0) is 42.8 Å². The van der Waals surface area contributed by atoms with Crippen LogP contribution in [0.25, 0.3) is 0 Å². The molecule has 132 valence electrons. The van der Waals surface area contributed by atoms with E-state index < -0.39 is 11.7 Å². The molecule has 1 heterocycles. The topological polar surface area (TPSA) is 66.9 Å². The van der Waals surface area contributed by atoms with E-state index in [1.54, 1.807) is 6.07 Å². The number of hydrogen-bond acceptors (Lipinski definition) is 4. The first-order valence-electron chi connectivity index (χ1n) is 7.54. The van der Waals surface area contributed by atoms with Crippen LogP contribution in [0.3, 0.4) is 0 Å². The van der Waals surface area contributed by atoms with Gasteiger partial charge in [0.2, 0.25) is 5.95 Å². The van der Waals surface area contributed by atoms with E-state index >= 15 is 0 Å². The van der Waals surface area contributed by atoms with Gasteiger partial charge in [-0.1, -0.05) is 29.3 Å². The summed E-state index contributed by atoms with van der Waals surface area (Å²) in [6.45, 7) is 1.88. The first-order chi connectivity index (χ1) is 12.4. The van der Waals surface area contributed by atoms with Gasteiger partial charge in [0, 0.05) is 28.8 Å². The van der Waals surface area contributed by atoms with E-state index in [1.165, 1.54) is 30.6 Å². The van der Waals surface area contributed by atoms with Crippen molar-refractivity contribution in [3.8, 4) is 0 Å². The lowest BCUT2D eigenvalue weighted by atomic mass is 10.2. The molecule has 3 aromatic rings. The quantitative estimate of drug-likeness (QED) is 0.640. The Labute approximate surface area is 159 Å². The summed E-state index contributed by atoms with van der Waals surface area (Å²) in [6, 6.07) is 9.37. The van der Waals surface area contributed by atoms with Crippen LogP contribution in [0.1, 0.15) is 15.9 Å².